The highest BCUT2D eigenvalue weighted by atomic mass is 15.2. The molecule has 0 atom stereocenters. The van der Waals surface area contributed by atoms with Gasteiger partial charge in [0.2, 0.25) is 0 Å². The first-order valence-electron chi connectivity index (χ1n) is 37.1. The van der Waals surface area contributed by atoms with Crippen LogP contribution in [0.4, 0.5) is 34.1 Å². The summed E-state index contributed by atoms with van der Waals surface area (Å²) >= 11 is 0. The number of aromatic nitrogens is 2. The summed E-state index contributed by atoms with van der Waals surface area (Å²) in [5.41, 5.74) is 27.1. The highest BCUT2D eigenvalue weighted by Crippen LogP contribution is 2.50. The van der Waals surface area contributed by atoms with E-state index >= 15 is 0 Å². The van der Waals surface area contributed by atoms with Gasteiger partial charge < -0.3 is 18.9 Å². The summed E-state index contributed by atoms with van der Waals surface area (Å²) in [6.45, 7) is 0. The SMILES string of the molecule is c1ccc(-c2c(-c3ccccc3)n(-c3ccc(N(c4ccc(-c5cccc6ccccc56)cc4)c4cccc5ccccc45)cc3)c3ccc(-c4ccc5c(c4)c(-c4ccccc4)c(-c4ccccc4)n5-c4ccc(N(c5ccc(-c6cccc7ccccc67)cc5)c5cccc6ccccc56)cc4)cc23)cc1. The largest absolute Gasteiger partial charge is 0.310 e. The molecule has 0 unspecified atom stereocenters. The lowest BCUT2D eigenvalue weighted by atomic mass is 9.94. The van der Waals surface area contributed by atoms with Crippen molar-refractivity contribution in [2.45, 2.75) is 0 Å². The van der Waals surface area contributed by atoms with E-state index in [0.29, 0.717) is 0 Å². The van der Waals surface area contributed by atoms with Crippen molar-refractivity contribution in [3.63, 3.8) is 0 Å². The molecular formula is C104H70N4. The smallest absolute Gasteiger partial charge is 0.0619 e. The third-order valence-corrected chi connectivity index (χ3v) is 21.7. The van der Waals surface area contributed by atoms with E-state index in [-0.39, 0.29) is 0 Å². The number of rotatable bonds is 15. The van der Waals surface area contributed by atoms with Crippen LogP contribution in [0.3, 0.4) is 0 Å². The Labute approximate surface area is 628 Å². The van der Waals surface area contributed by atoms with E-state index in [9.17, 15) is 0 Å². The summed E-state index contributed by atoms with van der Waals surface area (Å²) < 4.78 is 4.97. The lowest BCUT2D eigenvalue weighted by Gasteiger charge is -2.27. The average Bonchev–Trinajstić information content (AvgIpc) is 1.56. The van der Waals surface area contributed by atoms with Crippen LogP contribution >= 0.6 is 0 Å². The quantitative estimate of drug-likeness (QED) is 0.102. The van der Waals surface area contributed by atoms with Gasteiger partial charge in [-0.2, -0.15) is 0 Å². The number of hydrogen-bond acceptors (Lipinski definition) is 2. The Morgan fingerprint density at radius 3 is 0.815 bits per heavy atom. The zero-order valence-electron chi connectivity index (χ0n) is 59.2. The third-order valence-electron chi connectivity index (χ3n) is 21.7. The van der Waals surface area contributed by atoms with Crippen LogP contribution in [0, 0.1) is 0 Å². The minimum atomic E-state index is 1.06. The zero-order chi connectivity index (χ0) is 71.4. The summed E-state index contributed by atoms with van der Waals surface area (Å²) in [5, 5.41) is 12.0. The van der Waals surface area contributed by atoms with Gasteiger partial charge in [-0.1, -0.05) is 315 Å². The summed E-state index contributed by atoms with van der Waals surface area (Å²) in [7, 11) is 0. The maximum Gasteiger partial charge on any atom is 0.0619 e. The summed E-state index contributed by atoms with van der Waals surface area (Å²) in [6.07, 6.45) is 0. The predicted molar refractivity (Wildman–Crippen MR) is 458 cm³/mol. The molecule has 0 saturated carbocycles. The van der Waals surface area contributed by atoms with E-state index in [0.717, 1.165) is 112 Å². The van der Waals surface area contributed by atoms with Gasteiger partial charge in [0.05, 0.1) is 33.8 Å². The zero-order valence-corrected chi connectivity index (χ0v) is 59.2. The molecule has 2 heterocycles. The second-order valence-electron chi connectivity index (χ2n) is 27.9. The highest BCUT2D eigenvalue weighted by molar-refractivity contribution is 6.11. The standard InChI is InChI=1S/C104H70N4/c1-5-29-77(30-6-1)101-95-69-81(53-67-99(95)107(103(101)79-33-9-3-10-34-79)87-63-59-85(60-64-87)105(97-47-23-39-73-27-15-19-43-93(73)97)83-55-49-75(50-56-83)91-45-21-37-71-25-13-17-41-89(71)91)82-54-68-100-96(70-82)102(78-31-7-2-8-32-78)104(80-35-11-4-12-36-80)108(100)88-65-61-86(62-66-88)106(98-48-24-40-74-28-16-20-44-94(74)98)84-57-51-76(52-58-84)92-46-22-38-72-26-14-18-42-90(72)92/h1-70H. The van der Waals surface area contributed by atoms with Crippen molar-refractivity contribution in [3.8, 4) is 89.5 Å². The van der Waals surface area contributed by atoms with Crippen LogP contribution < -0.4 is 9.80 Å². The van der Waals surface area contributed by atoms with Crippen molar-refractivity contribution in [2.75, 3.05) is 9.80 Å². The molecule has 4 heteroatoms. The molecule has 20 rings (SSSR count). The van der Waals surface area contributed by atoms with Crippen LogP contribution in [0.1, 0.15) is 0 Å². The van der Waals surface area contributed by atoms with Crippen molar-refractivity contribution in [1.82, 2.24) is 9.13 Å². The Hall–Kier alpha value is -14.3. The van der Waals surface area contributed by atoms with E-state index in [1.54, 1.807) is 0 Å². The van der Waals surface area contributed by atoms with E-state index in [1.807, 2.05) is 0 Å². The first-order valence-corrected chi connectivity index (χ1v) is 37.1. The van der Waals surface area contributed by atoms with Crippen molar-refractivity contribution in [1.29, 1.82) is 0 Å². The minimum absolute atomic E-state index is 1.06. The van der Waals surface area contributed by atoms with Gasteiger partial charge in [0, 0.05) is 66.8 Å². The van der Waals surface area contributed by atoms with Gasteiger partial charge in [0.15, 0.2) is 0 Å². The summed E-state index contributed by atoms with van der Waals surface area (Å²) in [4.78, 5) is 4.82. The van der Waals surface area contributed by atoms with E-state index in [4.69, 9.17) is 0 Å². The molecule has 0 saturated heterocycles. The van der Waals surface area contributed by atoms with Crippen molar-refractivity contribution in [2.24, 2.45) is 0 Å². The van der Waals surface area contributed by atoms with Crippen molar-refractivity contribution >= 4 is 99.0 Å². The molecule has 108 heavy (non-hydrogen) atoms. The molecule has 0 N–H and O–H groups in total. The van der Waals surface area contributed by atoms with Gasteiger partial charge in [-0.05, 0) is 197 Å². The Kier molecular flexibility index (Phi) is 15.9. The van der Waals surface area contributed by atoms with Crippen LogP contribution in [-0.4, -0.2) is 9.13 Å². The number of hydrogen-bond donors (Lipinski definition) is 0. The lowest BCUT2D eigenvalue weighted by Crippen LogP contribution is -2.10. The van der Waals surface area contributed by atoms with E-state index < -0.39 is 0 Å². The highest BCUT2D eigenvalue weighted by Gasteiger charge is 2.27. The molecule has 2 aromatic heterocycles. The molecule has 0 radical (unpaired) electrons. The maximum atomic E-state index is 2.49. The molecule has 0 aliphatic heterocycles. The molecule has 18 aromatic carbocycles. The lowest BCUT2D eigenvalue weighted by molar-refractivity contribution is 1.13. The molecule has 0 bridgehead atoms. The Bertz CT molecular complexity index is 6310. The van der Waals surface area contributed by atoms with Crippen molar-refractivity contribution in [3.05, 3.63) is 425 Å². The topological polar surface area (TPSA) is 16.3 Å². The number of anilines is 6. The normalized spacial score (nSPS) is 11.5. The molecule has 506 valence electrons. The maximum absolute atomic E-state index is 2.49. The van der Waals surface area contributed by atoms with Gasteiger partial charge in [0.25, 0.3) is 0 Å². The Morgan fingerprint density at radius 1 is 0.176 bits per heavy atom. The monoisotopic (exact) mass is 1370 g/mol. The second-order valence-corrected chi connectivity index (χ2v) is 27.9. The van der Waals surface area contributed by atoms with Crippen LogP contribution in [-0.2, 0) is 0 Å². The predicted octanol–water partition coefficient (Wildman–Crippen LogP) is 28.8. The molecular weight excluding hydrogens is 1310 g/mol. The van der Waals surface area contributed by atoms with Gasteiger partial charge in [-0.3, -0.25) is 0 Å². The van der Waals surface area contributed by atoms with Crippen LogP contribution in [0.5, 0.6) is 0 Å². The first kappa shape index (κ1) is 63.4. The number of fused-ring (bicyclic) bond motifs is 6. The van der Waals surface area contributed by atoms with E-state index in [1.165, 1.54) is 76.5 Å². The van der Waals surface area contributed by atoms with E-state index in [2.05, 4.69) is 444 Å². The van der Waals surface area contributed by atoms with Gasteiger partial charge in [0.1, 0.15) is 0 Å². The summed E-state index contributed by atoms with van der Waals surface area (Å²) in [5.74, 6) is 0. The molecule has 20 aromatic rings. The minimum Gasteiger partial charge on any atom is -0.310 e. The van der Waals surface area contributed by atoms with Crippen molar-refractivity contribution < 1.29 is 0 Å². The molecule has 0 aliphatic carbocycles. The molecule has 0 fully saturated rings. The van der Waals surface area contributed by atoms with Crippen LogP contribution in [0.25, 0.3) is 154 Å². The first-order chi connectivity index (χ1) is 53.6. The fourth-order valence-electron chi connectivity index (χ4n) is 16.7. The Balaban J connectivity index is 0.728. The van der Waals surface area contributed by atoms with Crippen LogP contribution in [0.15, 0.2) is 425 Å². The van der Waals surface area contributed by atoms with Gasteiger partial charge in [-0.15, -0.1) is 0 Å². The summed E-state index contributed by atoms with van der Waals surface area (Å²) in [6, 6.07) is 156. The fraction of sp³-hybridized carbons (Fsp3) is 0. The Morgan fingerprint density at radius 2 is 0.454 bits per heavy atom. The number of nitrogens with zero attached hydrogens (tertiary/aromatic N) is 4. The van der Waals surface area contributed by atoms with Crippen LogP contribution in [0.2, 0.25) is 0 Å². The fourth-order valence-corrected chi connectivity index (χ4v) is 16.7. The second kappa shape index (κ2) is 27.1. The third kappa shape index (κ3) is 11.2. The van der Waals surface area contributed by atoms with Gasteiger partial charge >= 0.3 is 0 Å². The van der Waals surface area contributed by atoms with Gasteiger partial charge in [-0.25, -0.2) is 0 Å². The molecule has 0 aliphatic rings. The molecule has 0 spiro atoms. The molecule has 4 nitrogen and oxygen atoms in total. The molecule has 0 amide bonds. The average molecular weight is 1380 g/mol. The number of benzene rings is 18.